The largest absolute Gasteiger partial charge is 0.336 e. The van der Waals surface area contributed by atoms with Gasteiger partial charge in [-0.15, -0.1) is 0 Å². The van der Waals surface area contributed by atoms with Gasteiger partial charge in [0.1, 0.15) is 5.82 Å². The Hall–Kier alpha value is -3.19. The molecular weight excluding hydrogens is 369 g/mol. The van der Waals surface area contributed by atoms with Crippen molar-refractivity contribution in [3.05, 3.63) is 89.5 Å². The van der Waals surface area contributed by atoms with E-state index in [0.717, 1.165) is 16.7 Å². The van der Waals surface area contributed by atoms with Gasteiger partial charge >= 0.3 is 6.03 Å². The zero-order valence-electron chi connectivity index (χ0n) is 16.7. The molecule has 0 fully saturated rings. The molecule has 3 aromatic rings. The zero-order chi connectivity index (χ0) is 20.6. The molecule has 3 rings (SSSR count). The molecule has 1 atom stereocenters. The second-order valence-corrected chi connectivity index (χ2v) is 7.07. The third-order valence-corrected chi connectivity index (χ3v) is 4.76. The van der Waals surface area contributed by atoms with Crippen LogP contribution in [0, 0.1) is 5.82 Å². The molecule has 1 unspecified atom stereocenters. The van der Waals surface area contributed by atoms with Crippen LogP contribution in [-0.4, -0.2) is 41.4 Å². The van der Waals surface area contributed by atoms with Gasteiger partial charge in [0.25, 0.3) is 0 Å². The quantitative estimate of drug-likeness (QED) is 0.616. The highest BCUT2D eigenvalue weighted by Gasteiger charge is 2.16. The van der Waals surface area contributed by atoms with Crippen molar-refractivity contribution in [3.63, 3.8) is 0 Å². The molecule has 152 valence electrons. The fourth-order valence-corrected chi connectivity index (χ4v) is 3.19. The van der Waals surface area contributed by atoms with Crippen LogP contribution in [0.5, 0.6) is 0 Å². The second-order valence-electron chi connectivity index (χ2n) is 7.07. The van der Waals surface area contributed by atoms with Gasteiger partial charge in [-0.3, -0.25) is 4.68 Å². The maximum absolute atomic E-state index is 13.5. The Morgan fingerprint density at radius 3 is 2.59 bits per heavy atom. The molecule has 0 aliphatic rings. The lowest BCUT2D eigenvalue weighted by Crippen LogP contribution is -2.40. The molecule has 0 spiro atoms. The van der Waals surface area contributed by atoms with Crippen molar-refractivity contribution >= 4 is 6.03 Å². The summed E-state index contributed by atoms with van der Waals surface area (Å²) >= 11 is 0. The Morgan fingerprint density at radius 2 is 1.90 bits per heavy atom. The smallest absolute Gasteiger partial charge is 0.315 e. The van der Waals surface area contributed by atoms with Crippen LogP contribution in [0.15, 0.2) is 67.0 Å². The minimum absolute atomic E-state index is 0.122. The highest BCUT2D eigenvalue weighted by atomic mass is 19.1. The number of nitrogens with one attached hydrogen (secondary N) is 2. The molecule has 1 heterocycles. The summed E-state index contributed by atoms with van der Waals surface area (Å²) in [7, 11) is 3.81. The lowest BCUT2D eigenvalue weighted by molar-refractivity contribution is 0.232. The van der Waals surface area contributed by atoms with Crippen molar-refractivity contribution in [2.75, 3.05) is 20.6 Å². The first-order valence-corrected chi connectivity index (χ1v) is 9.50. The number of nitrogens with zero attached hydrogens (tertiary/aromatic N) is 3. The molecule has 7 heteroatoms. The molecule has 0 radical (unpaired) electrons. The van der Waals surface area contributed by atoms with E-state index < -0.39 is 0 Å². The van der Waals surface area contributed by atoms with Crippen LogP contribution < -0.4 is 10.6 Å². The molecule has 0 aliphatic carbocycles. The standard InChI is InChI=1S/C22H26FN5O/c1-27(2)21(17-9-5-10-20(23)13-17)15-25-22(29)24-14-18-7-3-4-8-19(18)16-28-12-6-11-26-28/h3-13,21H,14-16H2,1-2H3,(H2,24,25,29). The number of hydrogen-bond donors (Lipinski definition) is 2. The van der Waals surface area contributed by atoms with E-state index in [0.29, 0.717) is 19.6 Å². The average Bonchev–Trinajstić information content (AvgIpc) is 3.20. The van der Waals surface area contributed by atoms with Crippen LogP contribution in [0.2, 0.25) is 0 Å². The molecule has 29 heavy (non-hydrogen) atoms. The lowest BCUT2D eigenvalue weighted by atomic mass is 10.1. The predicted molar refractivity (Wildman–Crippen MR) is 111 cm³/mol. The Morgan fingerprint density at radius 1 is 1.10 bits per heavy atom. The summed E-state index contributed by atoms with van der Waals surface area (Å²) in [5.41, 5.74) is 2.95. The first-order chi connectivity index (χ1) is 14.0. The third-order valence-electron chi connectivity index (χ3n) is 4.76. The third kappa shape index (κ3) is 5.89. The zero-order valence-corrected chi connectivity index (χ0v) is 16.7. The first-order valence-electron chi connectivity index (χ1n) is 9.50. The fraction of sp³-hybridized carbons (Fsp3) is 0.273. The molecule has 0 bridgehead atoms. The molecular formula is C22H26FN5O. The molecule has 2 amide bonds. The molecule has 1 aromatic heterocycles. The van der Waals surface area contributed by atoms with Crippen LogP contribution >= 0.6 is 0 Å². The number of carbonyl (C=O) groups excluding carboxylic acids is 1. The second kappa shape index (κ2) is 9.84. The Labute approximate surface area is 170 Å². The van der Waals surface area contributed by atoms with Gasteiger partial charge in [0, 0.05) is 25.5 Å². The van der Waals surface area contributed by atoms with E-state index in [-0.39, 0.29) is 17.9 Å². The summed E-state index contributed by atoms with van der Waals surface area (Å²) in [6, 6.07) is 15.9. The van der Waals surface area contributed by atoms with E-state index in [4.69, 9.17) is 0 Å². The van der Waals surface area contributed by atoms with Gasteiger partial charge in [-0.25, -0.2) is 9.18 Å². The minimum atomic E-state index is -0.285. The number of carbonyl (C=O) groups is 1. The fourth-order valence-electron chi connectivity index (χ4n) is 3.19. The molecule has 2 aromatic carbocycles. The number of urea groups is 1. The summed E-state index contributed by atoms with van der Waals surface area (Å²) in [6.07, 6.45) is 3.65. The van der Waals surface area contributed by atoms with Crippen molar-refractivity contribution in [3.8, 4) is 0 Å². The average molecular weight is 395 g/mol. The molecule has 2 N–H and O–H groups in total. The highest BCUT2D eigenvalue weighted by molar-refractivity contribution is 5.73. The Balaban J connectivity index is 1.56. The molecule has 0 saturated heterocycles. The summed E-state index contributed by atoms with van der Waals surface area (Å²) in [4.78, 5) is 14.3. The van der Waals surface area contributed by atoms with Gasteiger partial charge in [0.2, 0.25) is 0 Å². The van der Waals surface area contributed by atoms with Gasteiger partial charge in [-0.05, 0) is 49.0 Å². The van der Waals surface area contributed by atoms with Crippen LogP contribution in [-0.2, 0) is 13.1 Å². The van der Waals surface area contributed by atoms with Crippen LogP contribution in [0.25, 0.3) is 0 Å². The van der Waals surface area contributed by atoms with Crippen molar-refractivity contribution in [1.82, 2.24) is 25.3 Å². The van der Waals surface area contributed by atoms with Crippen LogP contribution in [0.4, 0.5) is 9.18 Å². The Bertz CT molecular complexity index is 926. The van der Waals surface area contributed by atoms with Crippen molar-refractivity contribution < 1.29 is 9.18 Å². The Kier molecular flexibility index (Phi) is 6.97. The number of rotatable bonds is 8. The molecule has 6 nitrogen and oxygen atoms in total. The van der Waals surface area contributed by atoms with Crippen molar-refractivity contribution in [2.45, 2.75) is 19.1 Å². The number of amides is 2. The van der Waals surface area contributed by atoms with Crippen molar-refractivity contribution in [2.24, 2.45) is 0 Å². The first kappa shape index (κ1) is 20.5. The van der Waals surface area contributed by atoms with E-state index >= 15 is 0 Å². The van der Waals surface area contributed by atoms with Crippen molar-refractivity contribution in [1.29, 1.82) is 0 Å². The molecule has 0 aliphatic heterocycles. The lowest BCUT2D eigenvalue weighted by Gasteiger charge is -2.25. The number of benzene rings is 2. The van der Waals surface area contributed by atoms with Gasteiger partial charge in [0.15, 0.2) is 0 Å². The monoisotopic (exact) mass is 395 g/mol. The SMILES string of the molecule is CN(C)C(CNC(=O)NCc1ccccc1Cn1cccn1)c1cccc(F)c1. The van der Waals surface area contributed by atoms with Gasteiger partial charge in [-0.2, -0.15) is 5.10 Å². The van der Waals surface area contributed by atoms with Gasteiger partial charge < -0.3 is 15.5 Å². The minimum Gasteiger partial charge on any atom is -0.336 e. The van der Waals surface area contributed by atoms with E-state index in [1.807, 2.05) is 66.3 Å². The maximum atomic E-state index is 13.5. The number of halogens is 1. The molecule has 0 saturated carbocycles. The summed E-state index contributed by atoms with van der Waals surface area (Å²) < 4.78 is 15.4. The normalized spacial score (nSPS) is 12.0. The van der Waals surface area contributed by atoms with Crippen LogP contribution in [0.3, 0.4) is 0 Å². The topological polar surface area (TPSA) is 62.2 Å². The van der Waals surface area contributed by atoms with Crippen LogP contribution in [0.1, 0.15) is 22.7 Å². The number of likely N-dealkylation sites (N-methyl/N-ethyl adjacent to an activating group) is 1. The van der Waals surface area contributed by atoms with Gasteiger partial charge in [0.05, 0.1) is 12.6 Å². The number of aromatic nitrogens is 2. The summed E-state index contributed by atoms with van der Waals surface area (Å²) in [5, 5.41) is 10.0. The summed E-state index contributed by atoms with van der Waals surface area (Å²) in [5.74, 6) is -0.285. The highest BCUT2D eigenvalue weighted by Crippen LogP contribution is 2.18. The van der Waals surface area contributed by atoms with E-state index in [1.54, 1.807) is 12.3 Å². The van der Waals surface area contributed by atoms with E-state index in [1.165, 1.54) is 12.1 Å². The van der Waals surface area contributed by atoms with Gasteiger partial charge in [-0.1, -0.05) is 36.4 Å². The van der Waals surface area contributed by atoms with E-state index in [9.17, 15) is 9.18 Å². The summed E-state index contributed by atoms with van der Waals surface area (Å²) in [6.45, 7) is 1.43. The number of hydrogen-bond acceptors (Lipinski definition) is 3. The van der Waals surface area contributed by atoms with E-state index in [2.05, 4.69) is 15.7 Å². The predicted octanol–water partition coefficient (Wildman–Crippen LogP) is 3.17. The maximum Gasteiger partial charge on any atom is 0.315 e.